The Kier molecular flexibility index (Phi) is 3.34. The van der Waals surface area contributed by atoms with Crippen LogP contribution in [0.5, 0.6) is 0 Å². The molecule has 2 aromatic rings. The van der Waals surface area contributed by atoms with Crippen LogP contribution in [-0.2, 0) is 9.47 Å². The van der Waals surface area contributed by atoms with E-state index in [1.807, 2.05) is 36.5 Å². The molecule has 0 aliphatic rings. The van der Waals surface area contributed by atoms with E-state index in [2.05, 4.69) is 4.98 Å². The van der Waals surface area contributed by atoms with Crippen LogP contribution in [0.1, 0.15) is 6.41 Å². The highest BCUT2D eigenvalue weighted by atomic mass is 16.7. The Bertz CT molecular complexity index is 435. The van der Waals surface area contributed by atoms with E-state index in [-0.39, 0.29) is 0 Å². The van der Waals surface area contributed by atoms with Gasteiger partial charge >= 0.3 is 0 Å². The van der Waals surface area contributed by atoms with Crippen molar-refractivity contribution in [2.24, 2.45) is 0 Å². The third-order valence-electron chi connectivity index (χ3n) is 2.32. The van der Waals surface area contributed by atoms with Gasteiger partial charge in [0, 0.05) is 26.0 Å². The molecule has 4 heteroatoms. The molecule has 0 bridgehead atoms. The van der Waals surface area contributed by atoms with E-state index in [1.54, 1.807) is 25.1 Å². The molecule has 0 spiro atoms. The normalized spacial score (nSPS) is 10.9. The van der Waals surface area contributed by atoms with Crippen molar-refractivity contribution in [1.29, 1.82) is 0 Å². The van der Waals surface area contributed by atoms with Gasteiger partial charge in [0.15, 0.2) is 0 Å². The summed E-state index contributed by atoms with van der Waals surface area (Å²) in [7, 11) is 3.19. The van der Waals surface area contributed by atoms with Crippen molar-refractivity contribution >= 4 is 0 Å². The summed E-state index contributed by atoms with van der Waals surface area (Å²) in [5.74, 6) is 0. The van der Waals surface area contributed by atoms with Gasteiger partial charge in [-0.05, 0) is 0 Å². The Morgan fingerprint density at radius 3 is 2.44 bits per heavy atom. The van der Waals surface area contributed by atoms with Crippen molar-refractivity contribution < 1.29 is 9.47 Å². The number of imidazole rings is 1. The third-order valence-corrected chi connectivity index (χ3v) is 2.32. The maximum absolute atomic E-state index is 5.14. The number of rotatable bonds is 4. The summed E-state index contributed by atoms with van der Waals surface area (Å²) in [6, 6.07) is 9.98. The van der Waals surface area contributed by atoms with Crippen LogP contribution < -0.4 is 0 Å². The summed E-state index contributed by atoms with van der Waals surface area (Å²) in [6.07, 6.45) is 3.16. The lowest BCUT2D eigenvalue weighted by molar-refractivity contribution is -0.156. The van der Waals surface area contributed by atoms with Crippen molar-refractivity contribution in [3.8, 4) is 11.3 Å². The minimum atomic E-state index is -0.426. The van der Waals surface area contributed by atoms with E-state index >= 15 is 0 Å². The molecule has 0 atom stereocenters. The number of aromatic nitrogens is 2. The SMILES string of the molecule is COC(OC)n1cnc(-c2ccccc2)c1. The number of ether oxygens (including phenoxy) is 2. The molecule has 0 saturated heterocycles. The highest BCUT2D eigenvalue weighted by Gasteiger charge is 2.09. The lowest BCUT2D eigenvalue weighted by Crippen LogP contribution is -2.10. The second kappa shape index (κ2) is 4.92. The molecule has 84 valence electrons. The highest BCUT2D eigenvalue weighted by molar-refractivity contribution is 5.57. The van der Waals surface area contributed by atoms with Gasteiger partial charge in [-0.15, -0.1) is 0 Å². The molecule has 4 nitrogen and oxygen atoms in total. The Morgan fingerprint density at radius 1 is 1.12 bits per heavy atom. The third kappa shape index (κ3) is 2.13. The van der Waals surface area contributed by atoms with E-state index in [0.29, 0.717) is 0 Å². The van der Waals surface area contributed by atoms with Crippen LogP contribution in [0.4, 0.5) is 0 Å². The van der Waals surface area contributed by atoms with Gasteiger partial charge in [-0.2, -0.15) is 0 Å². The van der Waals surface area contributed by atoms with Crippen molar-refractivity contribution in [2.75, 3.05) is 14.2 Å². The van der Waals surface area contributed by atoms with Crippen molar-refractivity contribution in [3.63, 3.8) is 0 Å². The molecule has 0 aliphatic heterocycles. The number of benzene rings is 1. The standard InChI is InChI=1S/C12H14N2O2/c1-15-12(16-2)14-8-11(13-9-14)10-6-4-3-5-7-10/h3-9,12H,1-2H3. The zero-order valence-electron chi connectivity index (χ0n) is 9.33. The van der Waals surface area contributed by atoms with Crippen LogP contribution in [0, 0.1) is 0 Å². The van der Waals surface area contributed by atoms with Gasteiger partial charge in [0.25, 0.3) is 0 Å². The van der Waals surface area contributed by atoms with Crippen LogP contribution >= 0.6 is 0 Å². The van der Waals surface area contributed by atoms with Crippen molar-refractivity contribution in [2.45, 2.75) is 6.41 Å². The van der Waals surface area contributed by atoms with Gasteiger partial charge in [-0.3, -0.25) is 4.57 Å². The molecule has 0 amide bonds. The minimum Gasteiger partial charge on any atom is -0.338 e. The maximum atomic E-state index is 5.14. The van der Waals surface area contributed by atoms with Gasteiger partial charge in [0.1, 0.15) is 0 Å². The van der Waals surface area contributed by atoms with Crippen LogP contribution in [0.2, 0.25) is 0 Å². The first kappa shape index (κ1) is 10.9. The average Bonchev–Trinajstić information content (AvgIpc) is 2.81. The monoisotopic (exact) mass is 218 g/mol. The molecule has 0 fully saturated rings. The molecule has 0 aliphatic carbocycles. The Morgan fingerprint density at radius 2 is 1.81 bits per heavy atom. The zero-order valence-corrected chi connectivity index (χ0v) is 9.33. The van der Waals surface area contributed by atoms with E-state index < -0.39 is 6.41 Å². The van der Waals surface area contributed by atoms with Gasteiger partial charge in [0.2, 0.25) is 6.41 Å². The molecular formula is C12H14N2O2. The smallest absolute Gasteiger partial charge is 0.244 e. The average molecular weight is 218 g/mol. The number of hydrogen-bond acceptors (Lipinski definition) is 3. The molecule has 0 unspecified atom stereocenters. The molecule has 0 saturated carbocycles. The molecule has 0 N–H and O–H groups in total. The second-order valence-electron chi connectivity index (χ2n) is 3.35. The molecule has 1 aromatic heterocycles. The predicted molar refractivity (Wildman–Crippen MR) is 60.7 cm³/mol. The molecule has 16 heavy (non-hydrogen) atoms. The van der Waals surface area contributed by atoms with E-state index in [9.17, 15) is 0 Å². The Labute approximate surface area is 94.4 Å². The predicted octanol–water partition coefficient (Wildman–Crippen LogP) is 2.30. The summed E-state index contributed by atoms with van der Waals surface area (Å²) in [4.78, 5) is 4.31. The lowest BCUT2D eigenvalue weighted by Gasteiger charge is -2.13. The molecule has 1 heterocycles. The first-order chi connectivity index (χ1) is 7.85. The maximum Gasteiger partial charge on any atom is 0.244 e. The summed E-state index contributed by atoms with van der Waals surface area (Å²) >= 11 is 0. The largest absolute Gasteiger partial charge is 0.338 e. The van der Waals surface area contributed by atoms with Gasteiger partial charge in [-0.1, -0.05) is 30.3 Å². The summed E-state index contributed by atoms with van der Waals surface area (Å²) < 4.78 is 12.1. The fourth-order valence-corrected chi connectivity index (χ4v) is 1.55. The summed E-state index contributed by atoms with van der Waals surface area (Å²) in [5.41, 5.74) is 1.98. The summed E-state index contributed by atoms with van der Waals surface area (Å²) in [6.45, 7) is 0. The number of methoxy groups -OCH3 is 2. The van der Waals surface area contributed by atoms with Crippen molar-refractivity contribution in [1.82, 2.24) is 9.55 Å². The molecule has 2 rings (SSSR count). The number of nitrogens with zero attached hydrogens (tertiary/aromatic N) is 2. The van der Waals surface area contributed by atoms with Crippen LogP contribution in [0.15, 0.2) is 42.9 Å². The first-order valence-corrected chi connectivity index (χ1v) is 4.99. The Hall–Kier alpha value is -1.65. The fraction of sp³-hybridized carbons (Fsp3) is 0.250. The van der Waals surface area contributed by atoms with Crippen LogP contribution in [-0.4, -0.2) is 23.8 Å². The summed E-state index contributed by atoms with van der Waals surface area (Å²) in [5, 5.41) is 0. The minimum absolute atomic E-state index is 0.426. The Balaban J connectivity index is 2.26. The van der Waals surface area contributed by atoms with Crippen LogP contribution in [0.3, 0.4) is 0 Å². The van der Waals surface area contributed by atoms with E-state index in [4.69, 9.17) is 9.47 Å². The highest BCUT2D eigenvalue weighted by Crippen LogP contribution is 2.18. The topological polar surface area (TPSA) is 36.3 Å². The van der Waals surface area contributed by atoms with Crippen molar-refractivity contribution in [3.05, 3.63) is 42.9 Å². The lowest BCUT2D eigenvalue weighted by atomic mass is 10.2. The first-order valence-electron chi connectivity index (χ1n) is 4.99. The van der Waals surface area contributed by atoms with E-state index in [1.165, 1.54) is 0 Å². The van der Waals surface area contributed by atoms with E-state index in [0.717, 1.165) is 11.3 Å². The van der Waals surface area contributed by atoms with Gasteiger partial charge < -0.3 is 9.47 Å². The second-order valence-corrected chi connectivity index (χ2v) is 3.35. The molecule has 0 radical (unpaired) electrons. The van der Waals surface area contributed by atoms with Crippen LogP contribution in [0.25, 0.3) is 11.3 Å². The van der Waals surface area contributed by atoms with Gasteiger partial charge in [0.05, 0.1) is 12.0 Å². The quantitative estimate of drug-likeness (QED) is 0.739. The molecular weight excluding hydrogens is 204 g/mol. The number of hydrogen-bond donors (Lipinski definition) is 0. The fourth-order valence-electron chi connectivity index (χ4n) is 1.55. The van der Waals surface area contributed by atoms with Gasteiger partial charge in [-0.25, -0.2) is 4.98 Å². The molecule has 1 aromatic carbocycles. The zero-order chi connectivity index (χ0) is 11.4.